The topological polar surface area (TPSA) is 25.4 Å². The first kappa shape index (κ1) is 14.1. The van der Waals surface area contributed by atoms with Crippen LogP contribution in [0.4, 0.5) is 0 Å². The molecule has 1 aromatic carbocycles. The standard InChI is InChI=1S/C18H21N2O/c1-13(2)17-10-14(21-15-11-20(3)12-15)7-8-16(17)18-6-4-5-9-19-18/h4-8,10,13,15H,11-12H2,1-3H3. The fourth-order valence-corrected chi connectivity index (χ4v) is 2.71. The molecule has 21 heavy (non-hydrogen) atoms. The highest BCUT2D eigenvalue weighted by atomic mass is 16.5. The minimum Gasteiger partial charge on any atom is -0.488 e. The van der Waals surface area contributed by atoms with E-state index < -0.39 is 0 Å². The van der Waals surface area contributed by atoms with E-state index in [1.165, 1.54) is 11.1 Å². The number of aromatic nitrogens is 1. The number of nitrogens with zero attached hydrogens (tertiary/aromatic N) is 2. The molecule has 2 aromatic rings. The van der Waals surface area contributed by atoms with Crippen LogP contribution in [0.15, 0.2) is 36.4 Å². The lowest BCUT2D eigenvalue weighted by Crippen LogP contribution is -2.51. The third-order valence-corrected chi connectivity index (χ3v) is 3.86. The zero-order valence-corrected chi connectivity index (χ0v) is 12.8. The first-order valence-corrected chi connectivity index (χ1v) is 7.46. The van der Waals surface area contributed by atoms with E-state index in [9.17, 15) is 0 Å². The molecular formula is C18H21N2O. The Bertz CT molecular complexity index is 604. The Morgan fingerprint density at radius 1 is 1.29 bits per heavy atom. The average Bonchev–Trinajstić information content (AvgIpc) is 2.46. The van der Waals surface area contributed by atoms with Gasteiger partial charge in [0.25, 0.3) is 0 Å². The van der Waals surface area contributed by atoms with Crippen LogP contribution >= 0.6 is 0 Å². The summed E-state index contributed by atoms with van der Waals surface area (Å²) in [6.07, 6.45) is 3.23. The van der Waals surface area contributed by atoms with Crippen LogP contribution in [0.1, 0.15) is 25.3 Å². The number of likely N-dealkylation sites (N-methyl/N-ethyl adjacent to an activating group) is 1. The molecule has 1 aromatic heterocycles. The summed E-state index contributed by atoms with van der Waals surface area (Å²) in [6.45, 7) is 6.42. The van der Waals surface area contributed by atoms with Crippen molar-refractivity contribution in [3.63, 3.8) is 0 Å². The van der Waals surface area contributed by atoms with Gasteiger partial charge < -0.3 is 4.74 Å². The molecule has 1 aliphatic rings. The zero-order valence-electron chi connectivity index (χ0n) is 12.8. The first-order chi connectivity index (χ1) is 10.1. The molecule has 1 aliphatic heterocycles. The molecule has 3 rings (SSSR count). The van der Waals surface area contributed by atoms with Gasteiger partial charge >= 0.3 is 0 Å². The van der Waals surface area contributed by atoms with Crippen LogP contribution in [0, 0.1) is 6.20 Å². The van der Waals surface area contributed by atoms with Crippen LogP contribution in [-0.4, -0.2) is 36.1 Å². The van der Waals surface area contributed by atoms with Gasteiger partial charge in [-0.2, -0.15) is 0 Å². The van der Waals surface area contributed by atoms with Crippen molar-refractivity contribution in [2.24, 2.45) is 0 Å². The Morgan fingerprint density at radius 3 is 2.71 bits per heavy atom. The van der Waals surface area contributed by atoms with E-state index in [4.69, 9.17) is 4.74 Å². The molecule has 0 amide bonds. The summed E-state index contributed by atoms with van der Waals surface area (Å²) in [4.78, 5) is 6.60. The van der Waals surface area contributed by atoms with E-state index in [2.05, 4.69) is 49.1 Å². The van der Waals surface area contributed by atoms with Gasteiger partial charge in [0, 0.05) is 18.7 Å². The predicted octanol–water partition coefficient (Wildman–Crippen LogP) is 3.36. The molecule has 0 spiro atoms. The monoisotopic (exact) mass is 281 g/mol. The zero-order chi connectivity index (χ0) is 14.8. The Morgan fingerprint density at radius 2 is 2.10 bits per heavy atom. The van der Waals surface area contributed by atoms with E-state index in [-0.39, 0.29) is 0 Å². The van der Waals surface area contributed by atoms with E-state index in [0.717, 1.165) is 24.5 Å². The molecule has 1 fully saturated rings. The second kappa shape index (κ2) is 5.86. The fourth-order valence-electron chi connectivity index (χ4n) is 2.71. The maximum absolute atomic E-state index is 6.03. The Balaban J connectivity index is 1.88. The van der Waals surface area contributed by atoms with Gasteiger partial charge in [-0.25, -0.2) is 4.98 Å². The fraction of sp³-hybridized carbons (Fsp3) is 0.389. The van der Waals surface area contributed by atoms with Crippen molar-refractivity contribution in [3.8, 4) is 17.0 Å². The number of ether oxygens (including phenoxy) is 1. The van der Waals surface area contributed by atoms with Crippen LogP contribution in [0.3, 0.4) is 0 Å². The van der Waals surface area contributed by atoms with Gasteiger partial charge in [0.1, 0.15) is 11.9 Å². The number of pyridine rings is 1. The van der Waals surface area contributed by atoms with E-state index in [1.54, 1.807) is 0 Å². The van der Waals surface area contributed by atoms with Gasteiger partial charge in [-0.05, 0) is 48.9 Å². The van der Waals surface area contributed by atoms with Gasteiger partial charge in [0.05, 0.1) is 11.9 Å². The molecule has 3 heteroatoms. The van der Waals surface area contributed by atoms with Crippen molar-refractivity contribution in [1.82, 2.24) is 9.88 Å². The number of likely N-dealkylation sites (tertiary alicyclic amines) is 1. The van der Waals surface area contributed by atoms with Crippen LogP contribution in [0.25, 0.3) is 11.3 Å². The Kier molecular flexibility index (Phi) is 3.93. The van der Waals surface area contributed by atoms with Gasteiger partial charge in [0.15, 0.2) is 0 Å². The van der Waals surface area contributed by atoms with Crippen LogP contribution in [0.2, 0.25) is 0 Å². The second-order valence-corrected chi connectivity index (χ2v) is 6.02. The Labute approximate surface area is 126 Å². The largest absolute Gasteiger partial charge is 0.488 e. The van der Waals surface area contributed by atoms with E-state index in [1.807, 2.05) is 24.3 Å². The van der Waals surface area contributed by atoms with Crippen LogP contribution in [0.5, 0.6) is 5.75 Å². The summed E-state index contributed by atoms with van der Waals surface area (Å²) in [6, 6.07) is 12.1. The highest BCUT2D eigenvalue weighted by molar-refractivity contribution is 5.65. The van der Waals surface area contributed by atoms with E-state index >= 15 is 0 Å². The predicted molar refractivity (Wildman–Crippen MR) is 84.5 cm³/mol. The third kappa shape index (κ3) is 3.08. The highest BCUT2D eigenvalue weighted by Gasteiger charge is 2.25. The van der Waals surface area contributed by atoms with Crippen molar-refractivity contribution in [3.05, 3.63) is 48.2 Å². The van der Waals surface area contributed by atoms with E-state index in [0.29, 0.717) is 12.0 Å². The molecule has 0 atom stereocenters. The van der Waals surface area contributed by atoms with Crippen molar-refractivity contribution in [2.75, 3.05) is 20.1 Å². The lowest BCUT2D eigenvalue weighted by Gasteiger charge is -2.36. The molecule has 0 unspecified atom stereocenters. The first-order valence-electron chi connectivity index (χ1n) is 7.46. The molecule has 1 saturated heterocycles. The summed E-state index contributed by atoms with van der Waals surface area (Å²) >= 11 is 0. The van der Waals surface area contributed by atoms with Crippen molar-refractivity contribution in [1.29, 1.82) is 0 Å². The molecule has 0 aliphatic carbocycles. The van der Waals surface area contributed by atoms with Crippen molar-refractivity contribution < 1.29 is 4.74 Å². The number of benzene rings is 1. The summed E-state index contributed by atoms with van der Waals surface area (Å²) in [5, 5.41) is 0. The maximum atomic E-state index is 6.03. The number of rotatable bonds is 4. The summed E-state index contributed by atoms with van der Waals surface area (Å²) in [5.74, 6) is 1.38. The molecule has 0 N–H and O–H groups in total. The quantitative estimate of drug-likeness (QED) is 0.859. The minimum atomic E-state index is 0.323. The summed E-state index contributed by atoms with van der Waals surface area (Å²) in [5.41, 5.74) is 3.41. The molecule has 3 nitrogen and oxygen atoms in total. The highest BCUT2D eigenvalue weighted by Crippen LogP contribution is 2.32. The minimum absolute atomic E-state index is 0.323. The smallest absolute Gasteiger partial charge is 0.124 e. The Hall–Kier alpha value is -1.87. The lowest BCUT2D eigenvalue weighted by atomic mass is 9.94. The molecule has 0 bridgehead atoms. The maximum Gasteiger partial charge on any atom is 0.124 e. The molecule has 109 valence electrons. The van der Waals surface area contributed by atoms with Gasteiger partial charge in [-0.15, -0.1) is 0 Å². The molecular weight excluding hydrogens is 260 g/mol. The third-order valence-electron chi connectivity index (χ3n) is 3.86. The molecule has 0 saturated carbocycles. The van der Waals surface area contributed by atoms with Crippen molar-refractivity contribution in [2.45, 2.75) is 25.9 Å². The van der Waals surface area contributed by atoms with Crippen LogP contribution < -0.4 is 4.74 Å². The van der Waals surface area contributed by atoms with Gasteiger partial charge in [0.2, 0.25) is 0 Å². The lowest BCUT2D eigenvalue weighted by molar-refractivity contribution is 0.0388. The average molecular weight is 281 g/mol. The molecule has 1 radical (unpaired) electrons. The SMILES string of the molecule is CC(C)c1cc(OC2CN(C)C2)ccc1-c1ccc[c]n1. The second-order valence-electron chi connectivity index (χ2n) is 6.02. The normalized spacial score (nSPS) is 16.0. The summed E-state index contributed by atoms with van der Waals surface area (Å²) < 4.78 is 6.03. The molecule has 2 heterocycles. The number of hydrogen-bond acceptors (Lipinski definition) is 3. The van der Waals surface area contributed by atoms with Crippen molar-refractivity contribution >= 4 is 0 Å². The van der Waals surface area contributed by atoms with Gasteiger partial charge in [-0.1, -0.05) is 19.9 Å². The number of hydrogen-bond donors (Lipinski definition) is 0. The van der Waals surface area contributed by atoms with Crippen LogP contribution in [-0.2, 0) is 0 Å². The summed E-state index contributed by atoms with van der Waals surface area (Å²) in [7, 11) is 2.11. The van der Waals surface area contributed by atoms with Gasteiger partial charge in [-0.3, -0.25) is 4.90 Å².